The van der Waals surface area contributed by atoms with Gasteiger partial charge in [-0.2, -0.15) is 0 Å². The van der Waals surface area contributed by atoms with Gasteiger partial charge in [-0.15, -0.1) is 0 Å². The SMILES string of the molecule is O=C(O)C1CC(O)CC([C@H](O)[C@H](O)CO)O1. The van der Waals surface area contributed by atoms with E-state index in [1.54, 1.807) is 0 Å². The summed E-state index contributed by atoms with van der Waals surface area (Å²) in [5.74, 6) is -1.23. The average Bonchev–Trinajstić information content (AvgIpc) is 2.26. The Kier molecular flexibility index (Phi) is 4.63. The Morgan fingerprint density at radius 2 is 2.00 bits per heavy atom. The van der Waals surface area contributed by atoms with Crippen molar-refractivity contribution >= 4 is 5.97 Å². The fraction of sp³-hybridized carbons (Fsp3) is 0.889. The summed E-state index contributed by atoms with van der Waals surface area (Å²) in [5.41, 5.74) is 0. The van der Waals surface area contributed by atoms with Crippen LogP contribution in [-0.4, -0.2) is 68.6 Å². The molecule has 1 aliphatic rings. The topological polar surface area (TPSA) is 127 Å². The summed E-state index contributed by atoms with van der Waals surface area (Å²) in [6, 6.07) is 0. The predicted octanol–water partition coefficient (Wildman–Crippen LogP) is -2.31. The molecule has 1 heterocycles. The molecular weight excluding hydrogens is 220 g/mol. The van der Waals surface area contributed by atoms with E-state index in [0.29, 0.717) is 0 Å². The van der Waals surface area contributed by atoms with Crippen LogP contribution in [0.1, 0.15) is 12.8 Å². The summed E-state index contributed by atoms with van der Waals surface area (Å²) in [4.78, 5) is 10.7. The van der Waals surface area contributed by atoms with Crippen molar-refractivity contribution in [3.63, 3.8) is 0 Å². The van der Waals surface area contributed by atoms with E-state index >= 15 is 0 Å². The number of hydrogen-bond acceptors (Lipinski definition) is 6. The molecule has 0 aromatic heterocycles. The van der Waals surface area contributed by atoms with E-state index in [0.717, 1.165) is 0 Å². The largest absolute Gasteiger partial charge is 0.479 e. The van der Waals surface area contributed by atoms with E-state index in [9.17, 15) is 20.1 Å². The summed E-state index contributed by atoms with van der Waals surface area (Å²) in [6.45, 7) is -0.658. The van der Waals surface area contributed by atoms with Crippen molar-refractivity contribution in [1.82, 2.24) is 0 Å². The molecule has 1 fully saturated rings. The second-order valence-electron chi connectivity index (χ2n) is 3.87. The monoisotopic (exact) mass is 236 g/mol. The van der Waals surface area contributed by atoms with Crippen molar-refractivity contribution in [1.29, 1.82) is 0 Å². The number of aliphatic carboxylic acids is 1. The molecule has 1 saturated heterocycles. The first kappa shape index (κ1) is 13.3. The average molecular weight is 236 g/mol. The van der Waals surface area contributed by atoms with Gasteiger partial charge >= 0.3 is 5.97 Å². The number of ether oxygens (including phenoxy) is 1. The van der Waals surface area contributed by atoms with Gasteiger partial charge in [0.05, 0.1) is 18.8 Å². The van der Waals surface area contributed by atoms with Crippen molar-refractivity contribution in [2.24, 2.45) is 0 Å². The molecule has 7 nitrogen and oxygen atoms in total. The molecule has 16 heavy (non-hydrogen) atoms. The molecule has 0 radical (unpaired) electrons. The molecule has 0 spiro atoms. The minimum Gasteiger partial charge on any atom is -0.479 e. The van der Waals surface area contributed by atoms with Crippen LogP contribution in [0.25, 0.3) is 0 Å². The van der Waals surface area contributed by atoms with Crippen LogP contribution in [0.2, 0.25) is 0 Å². The normalized spacial score (nSPS) is 34.4. The summed E-state index contributed by atoms with van der Waals surface area (Å²) >= 11 is 0. The van der Waals surface area contributed by atoms with Gasteiger partial charge < -0.3 is 30.3 Å². The van der Waals surface area contributed by atoms with E-state index < -0.39 is 43.1 Å². The lowest BCUT2D eigenvalue weighted by molar-refractivity contribution is -0.186. The Labute approximate surface area is 91.9 Å². The fourth-order valence-electron chi connectivity index (χ4n) is 1.67. The van der Waals surface area contributed by atoms with Gasteiger partial charge in [0.2, 0.25) is 0 Å². The maximum absolute atomic E-state index is 10.7. The Bertz CT molecular complexity index is 244. The van der Waals surface area contributed by atoms with Gasteiger partial charge in [0.25, 0.3) is 0 Å². The summed E-state index contributed by atoms with van der Waals surface area (Å²) in [5, 5.41) is 45.5. The summed E-state index contributed by atoms with van der Waals surface area (Å²) in [6.07, 6.45) is -5.94. The highest BCUT2D eigenvalue weighted by molar-refractivity contribution is 5.72. The van der Waals surface area contributed by atoms with E-state index in [1.807, 2.05) is 0 Å². The van der Waals surface area contributed by atoms with Gasteiger partial charge in [-0.1, -0.05) is 0 Å². The summed E-state index contributed by atoms with van der Waals surface area (Å²) < 4.78 is 5.02. The molecule has 0 aromatic rings. The van der Waals surface area contributed by atoms with Gasteiger partial charge in [0.1, 0.15) is 12.2 Å². The van der Waals surface area contributed by atoms with Crippen molar-refractivity contribution in [2.45, 2.75) is 43.4 Å². The molecule has 0 bridgehead atoms. The highest BCUT2D eigenvalue weighted by Crippen LogP contribution is 2.23. The van der Waals surface area contributed by atoms with Crippen molar-refractivity contribution in [3.05, 3.63) is 0 Å². The maximum Gasteiger partial charge on any atom is 0.332 e. The molecular formula is C9H16O7. The van der Waals surface area contributed by atoms with E-state index in [2.05, 4.69) is 0 Å². The third-order valence-corrected chi connectivity index (χ3v) is 2.57. The molecule has 0 amide bonds. The Morgan fingerprint density at radius 1 is 1.38 bits per heavy atom. The number of hydrogen-bond donors (Lipinski definition) is 5. The third-order valence-electron chi connectivity index (χ3n) is 2.57. The van der Waals surface area contributed by atoms with Crippen molar-refractivity contribution < 1.29 is 35.1 Å². The predicted molar refractivity (Wildman–Crippen MR) is 50.6 cm³/mol. The van der Waals surface area contributed by atoms with E-state index in [-0.39, 0.29) is 12.8 Å². The van der Waals surface area contributed by atoms with Crippen molar-refractivity contribution in [3.8, 4) is 0 Å². The van der Waals surface area contributed by atoms with E-state index in [4.69, 9.17) is 14.9 Å². The molecule has 5 N–H and O–H groups in total. The zero-order valence-electron chi connectivity index (χ0n) is 8.56. The number of carbonyl (C=O) groups is 1. The zero-order valence-corrected chi connectivity index (χ0v) is 8.56. The third kappa shape index (κ3) is 3.13. The van der Waals surface area contributed by atoms with Crippen LogP contribution in [0.5, 0.6) is 0 Å². The number of rotatable bonds is 4. The summed E-state index contributed by atoms with van der Waals surface area (Å²) in [7, 11) is 0. The molecule has 0 aromatic carbocycles. The molecule has 0 aliphatic carbocycles. The van der Waals surface area contributed by atoms with Gasteiger partial charge in [-0.3, -0.25) is 0 Å². The fourth-order valence-corrected chi connectivity index (χ4v) is 1.67. The quantitative estimate of drug-likeness (QED) is 0.371. The Hall–Kier alpha value is -0.730. The van der Waals surface area contributed by atoms with Crippen LogP contribution in [0.15, 0.2) is 0 Å². The van der Waals surface area contributed by atoms with Crippen LogP contribution >= 0.6 is 0 Å². The molecule has 5 atom stereocenters. The molecule has 0 saturated carbocycles. The van der Waals surface area contributed by atoms with Crippen LogP contribution in [-0.2, 0) is 9.53 Å². The smallest absolute Gasteiger partial charge is 0.332 e. The molecule has 94 valence electrons. The van der Waals surface area contributed by atoms with Gasteiger partial charge in [-0.25, -0.2) is 4.79 Å². The molecule has 3 unspecified atom stereocenters. The second kappa shape index (κ2) is 5.55. The van der Waals surface area contributed by atoms with E-state index in [1.165, 1.54) is 0 Å². The Balaban J connectivity index is 2.63. The van der Waals surface area contributed by atoms with Gasteiger partial charge in [-0.05, 0) is 0 Å². The van der Waals surface area contributed by atoms with Gasteiger partial charge in [0, 0.05) is 12.8 Å². The number of aliphatic hydroxyl groups excluding tert-OH is 4. The molecule has 7 heteroatoms. The lowest BCUT2D eigenvalue weighted by Gasteiger charge is -2.34. The maximum atomic E-state index is 10.7. The number of carboxylic acid groups (broad SMARTS) is 1. The first-order valence-electron chi connectivity index (χ1n) is 4.99. The minimum atomic E-state index is -1.42. The minimum absolute atomic E-state index is 0.0298. The highest BCUT2D eigenvalue weighted by Gasteiger charge is 2.38. The highest BCUT2D eigenvalue weighted by atomic mass is 16.5. The van der Waals surface area contributed by atoms with Crippen LogP contribution in [0.4, 0.5) is 0 Å². The molecule has 1 aliphatic heterocycles. The first-order chi connectivity index (χ1) is 7.45. The number of aliphatic hydroxyl groups is 4. The van der Waals surface area contributed by atoms with Crippen LogP contribution in [0.3, 0.4) is 0 Å². The lowest BCUT2D eigenvalue weighted by atomic mass is 9.95. The van der Waals surface area contributed by atoms with Crippen LogP contribution in [0, 0.1) is 0 Å². The second-order valence-corrected chi connectivity index (χ2v) is 3.87. The van der Waals surface area contributed by atoms with Crippen molar-refractivity contribution in [2.75, 3.05) is 6.61 Å². The molecule has 1 rings (SSSR count). The van der Waals surface area contributed by atoms with Crippen LogP contribution < -0.4 is 0 Å². The standard InChI is InChI=1S/C9H16O7/c10-3-5(12)8(13)6-1-4(11)2-7(16-6)9(14)15/h4-8,10-13H,1-3H2,(H,14,15)/t4?,5-,6?,7?,8-/m1/s1. The Morgan fingerprint density at radius 3 is 2.50 bits per heavy atom. The zero-order chi connectivity index (χ0) is 12.3. The lowest BCUT2D eigenvalue weighted by Crippen LogP contribution is -2.49. The van der Waals surface area contributed by atoms with Gasteiger partial charge in [0.15, 0.2) is 6.10 Å². The number of carboxylic acids is 1. The first-order valence-corrected chi connectivity index (χ1v) is 4.99.